The molecule has 0 heterocycles. The maximum atomic E-state index is 13.0. The van der Waals surface area contributed by atoms with Crippen LogP contribution in [-0.2, 0) is 0 Å². The summed E-state index contributed by atoms with van der Waals surface area (Å²) in [5.41, 5.74) is 5.64. The third-order valence-corrected chi connectivity index (χ3v) is 9.09. The Hall–Kier alpha value is -8.64. The Morgan fingerprint density at radius 1 is 0.200 bits per heavy atom. The van der Waals surface area contributed by atoms with E-state index >= 15 is 0 Å². The first-order chi connectivity index (χ1) is 29.2. The summed E-state index contributed by atoms with van der Waals surface area (Å²) in [7, 11) is 0. The van der Waals surface area contributed by atoms with Crippen molar-refractivity contribution in [1.82, 2.24) is 0 Å². The maximum absolute atomic E-state index is 13.0. The van der Waals surface area contributed by atoms with E-state index in [4.69, 9.17) is 0 Å². The van der Waals surface area contributed by atoms with Crippen molar-refractivity contribution in [2.24, 2.45) is 0 Å². The zero-order valence-electron chi connectivity index (χ0n) is 31.8. The van der Waals surface area contributed by atoms with Crippen LogP contribution in [0.1, 0.15) is 62.1 Å². The van der Waals surface area contributed by atoms with E-state index in [0.717, 1.165) is 0 Å². The summed E-state index contributed by atoms with van der Waals surface area (Å²) in [6.45, 7) is 0. The Labute approximate surface area is 344 Å². The Balaban J connectivity index is 0.852. The molecule has 294 valence electrons. The van der Waals surface area contributed by atoms with Gasteiger partial charge in [-0.2, -0.15) is 0 Å². The summed E-state index contributed by atoms with van der Waals surface area (Å²) in [4.78, 5) is 76.4. The van der Waals surface area contributed by atoms with E-state index in [1.165, 1.54) is 24.3 Å². The molecule has 0 saturated heterocycles. The normalized spacial score (nSPS) is 10.4. The van der Waals surface area contributed by atoms with Gasteiger partial charge < -0.3 is 31.9 Å². The molecule has 0 radical (unpaired) electrons. The van der Waals surface area contributed by atoms with Gasteiger partial charge in [0.05, 0.1) is 0 Å². The third-order valence-electron chi connectivity index (χ3n) is 9.09. The van der Waals surface area contributed by atoms with Crippen molar-refractivity contribution in [2.45, 2.75) is 0 Å². The lowest BCUT2D eigenvalue weighted by molar-refractivity contribution is 0.101. The second-order valence-electron chi connectivity index (χ2n) is 13.3. The van der Waals surface area contributed by atoms with Gasteiger partial charge in [0.1, 0.15) is 0 Å². The highest BCUT2D eigenvalue weighted by molar-refractivity contribution is 6.09. The standard InChI is InChI=1S/C48H36N6O6/c55-43(31-7-3-1-4-8-31)51-39-23-27-41(28-24-39)53-47(59)35-15-19-37(20-16-35)49-45(57)33-11-13-34(14-12-33)46(58)50-38-21-17-36(18-22-38)48(60)54-42-29-25-40(26-30-42)52-44(56)32-9-5-2-6-10-32/h1-30H,(H,49,57)(H,50,58)(H,51,55)(H,52,56)(H,53,59)(H,54,60). The maximum Gasteiger partial charge on any atom is 0.255 e. The Bertz CT molecular complexity index is 2460. The lowest BCUT2D eigenvalue weighted by Crippen LogP contribution is -2.15. The van der Waals surface area contributed by atoms with E-state index < -0.39 is 11.8 Å². The molecule has 0 spiro atoms. The minimum Gasteiger partial charge on any atom is -0.322 e. The number of anilines is 6. The first-order valence-electron chi connectivity index (χ1n) is 18.7. The van der Waals surface area contributed by atoms with Crippen molar-refractivity contribution in [2.75, 3.05) is 31.9 Å². The van der Waals surface area contributed by atoms with Gasteiger partial charge in [0, 0.05) is 67.5 Å². The van der Waals surface area contributed by atoms with Crippen LogP contribution >= 0.6 is 0 Å². The monoisotopic (exact) mass is 792 g/mol. The number of carbonyl (C=O) groups is 6. The van der Waals surface area contributed by atoms with Gasteiger partial charge in [0.2, 0.25) is 0 Å². The molecule has 7 aromatic carbocycles. The molecule has 7 aromatic rings. The van der Waals surface area contributed by atoms with Crippen LogP contribution in [0.3, 0.4) is 0 Å². The van der Waals surface area contributed by atoms with Crippen molar-refractivity contribution >= 4 is 69.6 Å². The van der Waals surface area contributed by atoms with Gasteiger partial charge in [0.25, 0.3) is 35.4 Å². The van der Waals surface area contributed by atoms with Crippen LogP contribution in [0.4, 0.5) is 34.1 Å². The second-order valence-corrected chi connectivity index (χ2v) is 13.3. The minimum absolute atomic E-state index is 0.237. The average molecular weight is 793 g/mol. The molecule has 0 aliphatic rings. The fourth-order valence-corrected chi connectivity index (χ4v) is 5.86. The van der Waals surface area contributed by atoms with E-state index in [-0.39, 0.29) is 23.6 Å². The largest absolute Gasteiger partial charge is 0.322 e. The smallest absolute Gasteiger partial charge is 0.255 e. The van der Waals surface area contributed by atoms with Gasteiger partial charge in [-0.3, -0.25) is 28.8 Å². The molecule has 0 atom stereocenters. The van der Waals surface area contributed by atoms with Crippen LogP contribution in [0, 0.1) is 0 Å². The van der Waals surface area contributed by atoms with E-state index in [9.17, 15) is 28.8 Å². The lowest BCUT2D eigenvalue weighted by atomic mass is 10.1. The highest BCUT2D eigenvalue weighted by atomic mass is 16.2. The zero-order valence-corrected chi connectivity index (χ0v) is 31.8. The molecule has 0 aliphatic heterocycles. The fourth-order valence-electron chi connectivity index (χ4n) is 5.86. The average Bonchev–Trinajstić information content (AvgIpc) is 3.28. The molecule has 6 N–H and O–H groups in total. The molecule has 0 bridgehead atoms. The Kier molecular flexibility index (Phi) is 12.2. The van der Waals surface area contributed by atoms with Crippen molar-refractivity contribution in [3.05, 3.63) is 215 Å². The van der Waals surface area contributed by atoms with E-state index in [1.54, 1.807) is 146 Å². The van der Waals surface area contributed by atoms with Crippen molar-refractivity contribution in [3.8, 4) is 0 Å². The number of rotatable bonds is 12. The highest BCUT2D eigenvalue weighted by Crippen LogP contribution is 2.20. The predicted molar refractivity (Wildman–Crippen MR) is 233 cm³/mol. The van der Waals surface area contributed by atoms with Crippen LogP contribution in [0.5, 0.6) is 0 Å². The first-order valence-corrected chi connectivity index (χ1v) is 18.7. The van der Waals surface area contributed by atoms with Crippen LogP contribution in [0.2, 0.25) is 0 Å². The summed E-state index contributed by atoms with van der Waals surface area (Å²) >= 11 is 0. The van der Waals surface area contributed by atoms with Crippen molar-refractivity contribution in [1.29, 1.82) is 0 Å². The molecule has 60 heavy (non-hydrogen) atoms. The number of hydrogen-bond donors (Lipinski definition) is 6. The predicted octanol–water partition coefficient (Wildman–Crippen LogP) is 9.20. The molecule has 0 fully saturated rings. The Morgan fingerprint density at radius 2 is 0.350 bits per heavy atom. The molecule has 12 heteroatoms. The molecule has 0 unspecified atom stereocenters. The summed E-state index contributed by atoms with van der Waals surface area (Å²) in [5, 5.41) is 16.8. The quantitative estimate of drug-likeness (QED) is 0.0719. The van der Waals surface area contributed by atoms with E-state index in [2.05, 4.69) is 31.9 Å². The summed E-state index contributed by atoms with van der Waals surface area (Å²) in [6.07, 6.45) is 0. The molecule has 0 aliphatic carbocycles. The Morgan fingerprint density at radius 3 is 0.550 bits per heavy atom. The van der Waals surface area contributed by atoms with E-state index in [1.807, 2.05) is 12.1 Å². The summed E-state index contributed by atoms with van der Waals surface area (Å²) < 4.78 is 0. The topological polar surface area (TPSA) is 175 Å². The molecule has 0 saturated carbocycles. The van der Waals surface area contributed by atoms with Gasteiger partial charge in [-0.25, -0.2) is 0 Å². The molecular weight excluding hydrogens is 757 g/mol. The number of amides is 6. The van der Waals surface area contributed by atoms with Crippen LogP contribution in [-0.4, -0.2) is 35.4 Å². The van der Waals surface area contributed by atoms with Crippen molar-refractivity contribution < 1.29 is 28.8 Å². The first kappa shape index (κ1) is 39.6. The zero-order chi connectivity index (χ0) is 41.8. The molecule has 12 nitrogen and oxygen atoms in total. The molecule has 6 amide bonds. The molecule has 0 aromatic heterocycles. The molecular formula is C48H36N6O6. The molecule has 7 rings (SSSR count). The highest BCUT2D eigenvalue weighted by Gasteiger charge is 2.13. The van der Waals surface area contributed by atoms with E-state index in [0.29, 0.717) is 67.5 Å². The van der Waals surface area contributed by atoms with Gasteiger partial charge >= 0.3 is 0 Å². The number of nitrogens with one attached hydrogen (secondary N) is 6. The summed E-state index contributed by atoms with van der Waals surface area (Å²) in [6, 6.07) is 50.1. The second kappa shape index (κ2) is 18.5. The van der Waals surface area contributed by atoms with Gasteiger partial charge in [-0.15, -0.1) is 0 Å². The SMILES string of the molecule is O=C(Nc1ccc(NC(=O)c2ccc(NC(=O)c3ccc(C(=O)Nc4ccc(C(=O)Nc5ccc(NC(=O)c6ccccc6)cc5)cc4)cc3)cc2)cc1)c1ccccc1. The van der Waals surface area contributed by atoms with Gasteiger partial charge in [0.15, 0.2) is 0 Å². The number of benzene rings is 7. The lowest BCUT2D eigenvalue weighted by Gasteiger charge is -2.10. The summed E-state index contributed by atoms with van der Waals surface area (Å²) in [5.74, 6) is -1.99. The van der Waals surface area contributed by atoms with Gasteiger partial charge in [-0.05, 0) is 146 Å². The van der Waals surface area contributed by atoms with Crippen molar-refractivity contribution in [3.63, 3.8) is 0 Å². The van der Waals surface area contributed by atoms with Crippen LogP contribution in [0.15, 0.2) is 182 Å². The minimum atomic E-state index is -0.404. The van der Waals surface area contributed by atoms with Crippen LogP contribution < -0.4 is 31.9 Å². The van der Waals surface area contributed by atoms with Gasteiger partial charge in [-0.1, -0.05) is 36.4 Å². The number of carbonyl (C=O) groups excluding carboxylic acids is 6. The fraction of sp³-hybridized carbons (Fsp3) is 0. The van der Waals surface area contributed by atoms with Crippen LogP contribution in [0.25, 0.3) is 0 Å². The number of hydrogen-bond acceptors (Lipinski definition) is 6. The third kappa shape index (κ3) is 10.4.